The third-order valence-corrected chi connectivity index (χ3v) is 4.45. The van der Waals surface area contributed by atoms with Gasteiger partial charge in [-0.2, -0.15) is 0 Å². The fourth-order valence-corrected chi connectivity index (χ4v) is 4.22. The van der Waals surface area contributed by atoms with Gasteiger partial charge in [0.15, 0.2) is 0 Å². The van der Waals surface area contributed by atoms with Gasteiger partial charge in [-0.05, 0) is 48.0 Å². The second kappa shape index (κ2) is 6.06. The summed E-state index contributed by atoms with van der Waals surface area (Å²) in [6.07, 6.45) is 0.448. The Morgan fingerprint density at radius 3 is 1.24 bits per heavy atom. The van der Waals surface area contributed by atoms with Crippen LogP contribution in [0.5, 0.6) is 0 Å². The van der Waals surface area contributed by atoms with Crippen LogP contribution >= 0.6 is 0 Å². The zero-order valence-corrected chi connectivity index (χ0v) is 17.1. The molecule has 2 rings (SSSR count). The molecule has 0 aromatic carbocycles. The van der Waals surface area contributed by atoms with Crippen LogP contribution in [0.2, 0.25) is 0 Å². The second-order valence-corrected chi connectivity index (χ2v) is 10.5. The Kier molecular flexibility index (Phi) is 4.81. The highest BCUT2D eigenvalue weighted by molar-refractivity contribution is 5.70. The van der Waals surface area contributed by atoms with Crippen molar-refractivity contribution in [3.05, 3.63) is 0 Å². The zero-order chi connectivity index (χ0) is 19.3. The van der Waals surface area contributed by atoms with Crippen LogP contribution in [0.25, 0.3) is 0 Å². The van der Waals surface area contributed by atoms with Crippen molar-refractivity contribution in [2.45, 2.75) is 73.0 Å². The summed E-state index contributed by atoms with van der Waals surface area (Å²) in [6, 6.07) is 0. The standard InChI is InChI=1S/C19H34N2O4/c1-16(2,3)24-14(22)20-10-18(7)9-19(8,11-20)13-21(12-18)15(23)25-17(4,5)6/h9-13H2,1-8H3. The molecule has 2 bridgehead atoms. The van der Waals surface area contributed by atoms with E-state index in [1.54, 1.807) is 9.80 Å². The molecular weight excluding hydrogens is 320 g/mol. The zero-order valence-electron chi connectivity index (χ0n) is 17.1. The normalized spacial score (nSPS) is 30.1. The molecule has 0 unspecified atom stereocenters. The van der Waals surface area contributed by atoms with Crippen molar-refractivity contribution >= 4 is 12.2 Å². The molecule has 144 valence electrons. The van der Waals surface area contributed by atoms with E-state index in [2.05, 4.69) is 13.8 Å². The maximum atomic E-state index is 12.5. The molecule has 0 atom stereocenters. The minimum Gasteiger partial charge on any atom is -0.444 e. The first-order valence-electron chi connectivity index (χ1n) is 9.06. The van der Waals surface area contributed by atoms with E-state index in [1.807, 2.05) is 41.5 Å². The van der Waals surface area contributed by atoms with Gasteiger partial charge < -0.3 is 19.3 Å². The largest absolute Gasteiger partial charge is 0.444 e. The molecule has 6 heteroatoms. The van der Waals surface area contributed by atoms with Crippen LogP contribution in [-0.4, -0.2) is 59.4 Å². The molecule has 0 aromatic heterocycles. The number of likely N-dealkylation sites (tertiary alicyclic amines) is 2. The number of carbonyl (C=O) groups excluding carboxylic acids is 2. The second-order valence-electron chi connectivity index (χ2n) is 10.5. The first kappa shape index (κ1) is 19.9. The van der Waals surface area contributed by atoms with Crippen molar-refractivity contribution in [2.75, 3.05) is 26.2 Å². The average molecular weight is 354 g/mol. The molecule has 0 aromatic rings. The molecule has 2 heterocycles. The molecule has 6 nitrogen and oxygen atoms in total. The Labute approximate surface area is 151 Å². The van der Waals surface area contributed by atoms with Crippen LogP contribution in [0.1, 0.15) is 61.8 Å². The number of nitrogens with zero attached hydrogens (tertiary/aromatic N) is 2. The third kappa shape index (κ3) is 5.25. The van der Waals surface area contributed by atoms with Crippen molar-refractivity contribution in [2.24, 2.45) is 10.8 Å². The lowest BCUT2D eigenvalue weighted by Crippen LogP contribution is -2.64. The number of hydrogen-bond acceptors (Lipinski definition) is 4. The number of ether oxygens (including phenoxy) is 2. The predicted molar refractivity (Wildman–Crippen MR) is 96.4 cm³/mol. The SMILES string of the molecule is CC12CN(C(=O)OC(C)(C)C)CC(C)(CN(C(=O)OC(C)(C)C)C1)C2. The van der Waals surface area contributed by atoms with E-state index in [0.29, 0.717) is 26.2 Å². The summed E-state index contributed by atoms with van der Waals surface area (Å²) in [6.45, 7) is 17.9. The minimum absolute atomic E-state index is 0.154. The molecule has 2 aliphatic rings. The monoisotopic (exact) mass is 354 g/mol. The van der Waals surface area contributed by atoms with E-state index in [9.17, 15) is 9.59 Å². The summed E-state index contributed by atoms with van der Waals surface area (Å²) in [5, 5.41) is 0. The highest BCUT2D eigenvalue weighted by atomic mass is 16.6. The minimum atomic E-state index is -0.506. The maximum absolute atomic E-state index is 12.5. The molecule has 0 aliphatic carbocycles. The number of rotatable bonds is 0. The van der Waals surface area contributed by atoms with Gasteiger partial charge in [-0.15, -0.1) is 0 Å². The van der Waals surface area contributed by atoms with E-state index in [-0.39, 0.29) is 23.0 Å². The van der Waals surface area contributed by atoms with Crippen molar-refractivity contribution in [1.29, 1.82) is 0 Å². The Hall–Kier alpha value is -1.46. The number of carbonyl (C=O) groups is 2. The van der Waals surface area contributed by atoms with Crippen LogP contribution in [0, 0.1) is 10.8 Å². The molecular formula is C19H34N2O4. The molecule has 0 saturated carbocycles. The number of piperidine rings is 2. The van der Waals surface area contributed by atoms with Crippen molar-refractivity contribution < 1.29 is 19.1 Å². The summed E-state index contributed by atoms with van der Waals surface area (Å²) in [7, 11) is 0. The van der Waals surface area contributed by atoms with Crippen molar-refractivity contribution in [3.8, 4) is 0 Å². The number of hydrogen-bond donors (Lipinski definition) is 0. The highest BCUT2D eigenvalue weighted by Crippen LogP contribution is 2.46. The molecule has 0 N–H and O–H groups in total. The van der Waals surface area contributed by atoms with Crippen molar-refractivity contribution in [3.63, 3.8) is 0 Å². The van der Waals surface area contributed by atoms with Gasteiger partial charge in [-0.1, -0.05) is 13.8 Å². The van der Waals surface area contributed by atoms with Gasteiger partial charge in [0.05, 0.1) is 0 Å². The summed E-state index contributed by atoms with van der Waals surface area (Å²) in [5.74, 6) is 0. The lowest BCUT2D eigenvalue weighted by molar-refractivity contribution is -0.0797. The fraction of sp³-hybridized carbons (Fsp3) is 0.895. The van der Waals surface area contributed by atoms with Crippen LogP contribution in [0.3, 0.4) is 0 Å². The third-order valence-electron chi connectivity index (χ3n) is 4.45. The Balaban J connectivity index is 2.12. The van der Waals surface area contributed by atoms with Gasteiger partial charge in [0.25, 0.3) is 0 Å². The predicted octanol–water partition coefficient (Wildman–Crippen LogP) is 3.89. The molecule has 2 fully saturated rings. The lowest BCUT2D eigenvalue weighted by Gasteiger charge is -2.56. The van der Waals surface area contributed by atoms with E-state index in [4.69, 9.17) is 9.47 Å². The fourth-order valence-electron chi connectivity index (χ4n) is 4.22. The summed E-state index contributed by atoms with van der Waals surface area (Å²) >= 11 is 0. The van der Waals surface area contributed by atoms with Gasteiger partial charge in [-0.3, -0.25) is 0 Å². The number of fused-ring (bicyclic) bond motifs is 2. The van der Waals surface area contributed by atoms with E-state index >= 15 is 0 Å². The van der Waals surface area contributed by atoms with E-state index < -0.39 is 11.2 Å². The summed E-state index contributed by atoms with van der Waals surface area (Å²) in [4.78, 5) is 28.7. The summed E-state index contributed by atoms with van der Waals surface area (Å²) < 4.78 is 11.1. The quantitative estimate of drug-likeness (QED) is 0.662. The van der Waals surface area contributed by atoms with Crippen LogP contribution in [0.4, 0.5) is 9.59 Å². The molecule has 2 aliphatic heterocycles. The van der Waals surface area contributed by atoms with Gasteiger partial charge >= 0.3 is 12.2 Å². The Morgan fingerprint density at radius 1 is 0.720 bits per heavy atom. The Morgan fingerprint density at radius 2 is 1.00 bits per heavy atom. The summed E-state index contributed by atoms with van der Waals surface area (Å²) in [5.41, 5.74) is -1.32. The molecule has 0 spiro atoms. The lowest BCUT2D eigenvalue weighted by atomic mass is 9.65. The molecule has 25 heavy (non-hydrogen) atoms. The van der Waals surface area contributed by atoms with E-state index in [1.165, 1.54) is 0 Å². The van der Waals surface area contributed by atoms with Crippen LogP contribution in [-0.2, 0) is 9.47 Å². The first-order valence-corrected chi connectivity index (χ1v) is 9.06. The van der Waals surface area contributed by atoms with Gasteiger partial charge in [0, 0.05) is 37.0 Å². The van der Waals surface area contributed by atoms with Crippen LogP contribution < -0.4 is 0 Å². The average Bonchev–Trinajstić information content (AvgIpc) is 2.31. The maximum Gasteiger partial charge on any atom is 0.410 e. The van der Waals surface area contributed by atoms with Gasteiger partial charge in [0.1, 0.15) is 11.2 Å². The topological polar surface area (TPSA) is 59.1 Å². The van der Waals surface area contributed by atoms with Gasteiger partial charge in [0.2, 0.25) is 0 Å². The van der Waals surface area contributed by atoms with Crippen molar-refractivity contribution in [1.82, 2.24) is 9.80 Å². The molecule has 0 radical (unpaired) electrons. The highest BCUT2D eigenvalue weighted by Gasteiger charge is 2.51. The van der Waals surface area contributed by atoms with Crippen LogP contribution in [0.15, 0.2) is 0 Å². The Bertz CT molecular complexity index is 485. The number of amides is 2. The molecule has 2 amide bonds. The first-order chi connectivity index (χ1) is 11.1. The van der Waals surface area contributed by atoms with Gasteiger partial charge in [-0.25, -0.2) is 9.59 Å². The smallest absolute Gasteiger partial charge is 0.410 e. The molecule has 2 saturated heterocycles. The van der Waals surface area contributed by atoms with E-state index in [0.717, 1.165) is 6.42 Å².